The molecular weight excluding hydrogens is 341 g/mol. The van der Waals surface area contributed by atoms with Crippen LogP contribution in [0.4, 0.5) is 8.78 Å². The molecule has 0 aliphatic rings. The lowest BCUT2D eigenvalue weighted by Crippen LogP contribution is -2.12. The van der Waals surface area contributed by atoms with E-state index < -0.39 is 34.0 Å². The third-order valence-electron chi connectivity index (χ3n) is 2.63. The fourth-order valence-electron chi connectivity index (χ4n) is 1.65. The highest BCUT2D eigenvalue weighted by atomic mass is 35.5. The van der Waals surface area contributed by atoms with Gasteiger partial charge in [0.15, 0.2) is 5.78 Å². The summed E-state index contributed by atoms with van der Waals surface area (Å²) in [5.74, 6) is -2.75. The Labute approximate surface area is 132 Å². The first-order valence-corrected chi connectivity index (χ1v) is 7.77. The van der Waals surface area contributed by atoms with Crippen molar-refractivity contribution in [2.75, 3.05) is 5.75 Å². The molecule has 2 aromatic carbocycles. The predicted octanol–water partition coefficient (Wildman–Crippen LogP) is 4.26. The van der Waals surface area contributed by atoms with E-state index in [0.717, 1.165) is 12.1 Å². The molecule has 0 bridgehead atoms. The molecule has 0 N–H and O–H groups in total. The van der Waals surface area contributed by atoms with Gasteiger partial charge in [-0.1, -0.05) is 23.2 Å². The Morgan fingerprint density at radius 3 is 2.48 bits per heavy atom. The fraction of sp³-hybridized carbons (Fsp3) is 0.0714. The minimum Gasteiger partial charge on any atom is -0.293 e. The Hall–Kier alpha value is -1.30. The molecule has 0 amide bonds. The van der Waals surface area contributed by atoms with E-state index in [2.05, 4.69) is 0 Å². The lowest BCUT2D eigenvalue weighted by Gasteiger charge is -2.06. The fourth-order valence-corrected chi connectivity index (χ4v) is 3.09. The molecule has 1 unspecified atom stereocenters. The van der Waals surface area contributed by atoms with Gasteiger partial charge in [0, 0.05) is 16.7 Å². The van der Waals surface area contributed by atoms with Gasteiger partial charge in [0.05, 0.1) is 26.5 Å². The highest BCUT2D eigenvalue weighted by Gasteiger charge is 2.18. The normalized spacial score (nSPS) is 12.2. The molecule has 1 atom stereocenters. The van der Waals surface area contributed by atoms with Gasteiger partial charge in [0.1, 0.15) is 11.6 Å². The number of halogens is 4. The van der Waals surface area contributed by atoms with Gasteiger partial charge < -0.3 is 0 Å². The summed E-state index contributed by atoms with van der Waals surface area (Å²) in [6, 6.07) is 6.95. The minimum absolute atomic E-state index is 0.111. The molecule has 0 radical (unpaired) electrons. The second-order valence-electron chi connectivity index (χ2n) is 4.11. The van der Waals surface area contributed by atoms with Crippen molar-refractivity contribution < 1.29 is 17.8 Å². The Morgan fingerprint density at radius 2 is 1.81 bits per heavy atom. The first-order valence-electron chi connectivity index (χ1n) is 5.70. The van der Waals surface area contributed by atoms with Crippen LogP contribution in [0.15, 0.2) is 41.3 Å². The van der Waals surface area contributed by atoms with E-state index in [1.54, 1.807) is 0 Å². The van der Waals surface area contributed by atoms with Crippen LogP contribution in [0.1, 0.15) is 10.4 Å². The molecule has 0 aliphatic carbocycles. The SMILES string of the molecule is O=C(CS(=O)c1ccc(F)cc1F)c1cc(Cl)ccc1Cl. The zero-order chi connectivity index (χ0) is 15.6. The minimum atomic E-state index is -1.94. The lowest BCUT2D eigenvalue weighted by molar-refractivity contribution is 0.102. The number of hydrogen-bond donors (Lipinski definition) is 0. The van der Waals surface area contributed by atoms with Crippen LogP contribution in [0.2, 0.25) is 10.0 Å². The van der Waals surface area contributed by atoms with Crippen LogP contribution in [0.5, 0.6) is 0 Å². The van der Waals surface area contributed by atoms with Gasteiger partial charge in [-0.2, -0.15) is 0 Å². The molecule has 0 fully saturated rings. The first kappa shape index (κ1) is 16.1. The number of benzene rings is 2. The van der Waals surface area contributed by atoms with Crippen molar-refractivity contribution in [1.29, 1.82) is 0 Å². The number of ketones is 1. The maximum atomic E-state index is 13.5. The molecule has 0 aliphatic heterocycles. The van der Waals surface area contributed by atoms with Gasteiger partial charge in [0.25, 0.3) is 0 Å². The Bertz CT molecular complexity index is 735. The van der Waals surface area contributed by atoms with Crippen LogP contribution in [-0.2, 0) is 10.8 Å². The van der Waals surface area contributed by atoms with Crippen LogP contribution in [0, 0.1) is 11.6 Å². The number of carbonyl (C=O) groups excluding carboxylic acids is 1. The predicted molar refractivity (Wildman–Crippen MR) is 78.4 cm³/mol. The summed E-state index contributed by atoms with van der Waals surface area (Å²) in [4.78, 5) is 11.8. The van der Waals surface area contributed by atoms with Gasteiger partial charge in [-0.25, -0.2) is 8.78 Å². The molecule has 2 rings (SSSR count). The third-order valence-corrected chi connectivity index (χ3v) is 4.54. The summed E-state index contributed by atoms with van der Waals surface area (Å²) in [6.07, 6.45) is 0. The Balaban J connectivity index is 2.23. The van der Waals surface area contributed by atoms with Crippen LogP contribution >= 0.6 is 23.2 Å². The highest BCUT2D eigenvalue weighted by Crippen LogP contribution is 2.22. The van der Waals surface area contributed by atoms with E-state index in [9.17, 15) is 17.8 Å². The van der Waals surface area contributed by atoms with Crippen LogP contribution < -0.4 is 0 Å². The average molecular weight is 349 g/mol. The van der Waals surface area contributed by atoms with Crippen LogP contribution in [0.3, 0.4) is 0 Å². The number of hydrogen-bond acceptors (Lipinski definition) is 2. The second-order valence-corrected chi connectivity index (χ2v) is 6.38. The lowest BCUT2D eigenvalue weighted by atomic mass is 10.1. The number of Topliss-reactive ketones (excluding diaryl/α,β-unsaturated/α-hetero) is 1. The summed E-state index contributed by atoms with van der Waals surface area (Å²) < 4.78 is 38.3. The van der Waals surface area contributed by atoms with Crippen molar-refractivity contribution in [2.24, 2.45) is 0 Å². The van der Waals surface area contributed by atoms with E-state index >= 15 is 0 Å². The van der Waals surface area contributed by atoms with Crippen molar-refractivity contribution in [1.82, 2.24) is 0 Å². The maximum absolute atomic E-state index is 13.5. The number of rotatable bonds is 4. The summed E-state index contributed by atoms with van der Waals surface area (Å²) in [6.45, 7) is 0. The smallest absolute Gasteiger partial charge is 0.177 e. The maximum Gasteiger partial charge on any atom is 0.177 e. The molecule has 0 saturated heterocycles. The largest absolute Gasteiger partial charge is 0.293 e. The van der Waals surface area contributed by atoms with Crippen LogP contribution in [-0.4, -0.2) is 15.7 Å². The molecule has 7 heteroatoms. The quantitative estimate of drug-likeness (QED) is 0.773. The van der Waals surface area contributed by atoms with Gasteiger partial charge in [-0.15, -0.1) is 0 Å². The zero-order valence-corrected chi connectivity index (χ0v) is 12.7. The number of carbonyl (C=O) groups is 1. The molecule has 110 valence electrons. The second kappa shape index (κ2) is 6.64. The molecule has 2 nitrogen and oxygen atoms in total. The van der Waals surface area contributed by atoms with Gasteiger partial charge >= 0.3 is 0 Å². The van der Waals surface area contributed by atoms with Gasteiger partial charge in [-0.05, 0) is 30.3 Å². The van der Waals surface area contributed by atoms with Crippen molar-refractivity contribution in [2.45, 2.75) is 4.90 Å². The van der Waals surface area contributed by atoms with Crippen molar-refractivity contribution >= 4 is 39.8 Å². The third kappa shape index (κ3) is 3.87. The van der Waals surface area contributed by atoms with Crippen molar-refractivity contribution in [3.63, 3.8) is 0 Å². The molecule has 0 spiro atoms. The molecule has 0 heterocycles. The van der Waals surface area contributed by atoms with Crippen LogP contribution in [0.25, 0.3) is 0 Å². The zero-order valence-electron chi connectivity index (χ0n) is 10.4. The van der Waals surface area contributed by atoms with E-state index in [-0.39, 0.29) is 15.5 Å². The van der Waals surface area contributed by atoms with Crippen molar-refractivity contribution in [3.8, 4) is 0 Å². The highest BCUT2D eigenvalue weighted by molar-refractivity contribution is 7.85. The van der Waals surface area contributed by atoms with E-state index in [0.29, 0.717) is 11.1 Å². The van der Waals surface area contributed by atoms with Gasteiger partial charge in [0.2, 0.25) is 0 Å². The first-order chi connectivity index (χ1) is 9.88. The molecular formula is C14H8Cl2F2O2S. The summed E-state index contributed by atoms with van der Waals surface area (Å²) in [5, 5.41) is 0.475. The average Bonchev–Trinajstić information content (AvgIpc) is 2.41. The molecule has 2 aromatic rings. The Kier molecular flexibility index (Phi) is 5.08. The summed E-state index contributed by atoms with van der Waals surface area (Å²) in [7, 11) is -1.94. The monoisotopic (exact) mass is 348 g/mol. The van der Waals surface area contributed by atoms with E-state index in [1.165, 1.54) is 18.2 Å². The topological polar surface area (TPSA) is 34.1 Å². The van der Waals surface area contributed by atoms with E-state index in [4.69, 9.17) is 23.2 Å². The Morgan fingerprint density at radius 1 is 1.10 bits per heavy atom. The standard InChI is InChI=1S/C14H8Cl2F2O2S/c15-8-1-3-11(16)10(5-8)13(19)7-21(20)14-4-2-9(17)6-12(14)18/h1-6H,7H2. The summed E-state index contributed by atoms with van der Waals surface area (Å²) in [5.41, 5.74) is 0.111. The molecule has 21 heavy (non-hydrogen) atoms. The van der Waals surface area contributed by atoms with Gasteiger partial charge in [-0.3, -0.25) is 9.00 Å². The molecule has 0 saturated carbocycles. The van der Waals surface area contributed by atoms with Crippen molar-refractivity contribution in [3.05, 3.63) is 63.6 Å². The van der Waals surface area contributed by atoms with E-state index in [1.807, 2.05) is 0 Å². The summed E-state index contributed by atoms with van der Waals surface area (Å²) >= 11 is 11.6. The molecule has 0 aromatic heterocycles.